The number of fused-ring (bicyclic) bond motifs is 2. The first-order valence-electron chi connectivity index (χ1n) is 13.5. The van der Waals surface area contributed by atoms with E-state index in [0.717, 1.165) is 28.8 Å². The Kier molecular flexibility index (Phi) is 6.08. The van der Waals surface area contributed by atoms with Crippen LogP contribution in [0.5, 0.6) is 0 Å². The van der Waals surface area contributed by atoms with E-state index in [1.165, 1.54) is 6.92 Å². The van der Waals surface area contributed by atoms with Crippen molar-refractivity contribution in [2.45, 2.75) is 71.1 Å². The van der Waals surface area contributed by atoms with Gasteiger partial charge in [0.25, 0.3) is 0 Å². The number of rotatable bonds is 7. The molecule has 1 N–H and O–H groups in total. The molecule has 10 nitrogen and oxygen atoms in total. The Labute approximate surface area is 232 Å². The highest BCUT2D eigenvalue weighted by Gasteiger charge is 2.65. The molecule has 6 rings (SSSR count). The van der Waals surface area contributed by atoms with Crippen LogP contribution in [0.25, 0.3) is 11.1 Å². The van der Waals surface area contributed by atoms with Gasteiger partial charge in [0, 0.05) is 35.8 Å². The Balaban J connectivity index is 1.29. The number of carbonyl (C=O) groups excluding carboxylic acids is 3. The molecule has 3 aromatic rings. The molecule has 2 amide bonds. The van der Waals surface area contributed by atoms with E-state index in [-0.39, 0.29) is 42.0 Å². The lowest BCUT2D eigenvalue weighted by molar-refractivity contribution is -0.142. The summed E-state index contributed by atoms with van der Waals surface area (Å²) in [6.45, 7) is 7.56. The molecule has 1 saturated heterocycles. The number of nitrogens with zero attached hydrogens (tertiary/aromatic N) is 6. The standard InChI is InChI=1S/C30H31N7O3/c1-17-9-20(21-14-32-19(3)33-15-21)10-23-27(17)35-36-30(23,18(2)38)13-26(39)37-24(11-29(4)12-25(29)37)28(40)34-16-22-7-5-6-8-31-22/h5-10,14-15,24-25H,11-13,16H2,1-4H3,(H,34,40)/t24-,25+,29-,30?/m0/s1. The SMILES string of the molecule is CC(=O)C1(CC(=O)N2[C@H](C(=O)NCc3ccccn3)C[C@@]3(C)C[C@@H]23)N=Nc2c(C)cc(-c3cnc(C)nc3)cc21. The average Bonchev–Trinajstić information content (AvgIpc) is 3.29. The van der Waals surface area contributed by atoms with E-state index in [2.05, 4.69) is 37.4 Å². The molecule has 204 valence electrons. The normalized spacial score (nSPS) is 25.9. The fraction of sp³-hybridized carbons (Fsp3) is 0.400. The molecule has 4 atom stereocenters. The van der Waals surface area contributed by atoms with E-state index in [1.807, 2.05) is 44.2 Å². The topological polar surface area (TPSA) is 130 Å². The maximum atomic E-state index is 14.0. The highest BCUT2D eigenvalue weighted by molar-refractivity contribution is 5.98. The summed E-state index contributed by atoms with van der Waals surface area (Å²) in [7, 11) is 0. The first-order valence-corrected chi connectivity index (χ1v) is 13.5. The van der Waals surface area contributed by atoms with Crippen LogP contribution in [0.4, 0.5) is 5.69 Å². The number of hydrogen-bond donors (Lipinski definition) is 1. The zero-order chi connectivity index (χ0) is 28.2. The number of likely N-dealkylation sites (tertiary alicyclic amines) is 1. The summed E-state index contributed by atoms with van der Waals surface area (Å²) in [5.41, 5.74) is 2.84. The van der Waals surface area contributed by atoms with Gasteiger partial charge in [0.15, 0.2) is 11.3 Å². The van der Waals surface area contributed by atoms with Crippen LogP contribution in [0.2, 0.25) is 0 Å². The molecule has 0 spiro atoms. The van der Waals surface area contributed by atoms with E-state index in [9.17, 15) is 14.4 Å². The molecule has 1 unspecified atom stereocenters. The summed E-state index contributed by atoms with van der Waals surface area (Å²) >= 11 is 0. The third kappa shape index (κ3) is 4.27. The van der Waals surface area contributed by atoms with Crippen LogP contribution in [0.3, 0.4) is 0 Å². The van der Waals surface area contributed by atoms with Gasteiger partial charge >= 0.3 is 0 Å². The van der Waals surface area contributed by atoms with Gasteiger partial charge in [0.05, 0.1) is 24.3 Å². The number of aromatic nitrogens is 3. The number of nitrogens with one attached hydrogen (secondary N) is 1. The van der Waals surface area contributed by atoms with Crippen molar-refractivity contribution >= 4 is 23.3 Å². The molecule has 3 aliphatic rings. The Morgan fingerprint density at radius 3 is 2.52 bits per heavy atom. The van der Waals surface area contributed by atoms with Gasteiger partial charge in [0.2, 0.25) is 11.8 Å². The van der Waals surface area contributed by atoms with Crippen molar-refractivity contribution in [1.82, 2.24) is 25.2 Å². The lowest BCUT2D eigenvalue weighted by Crippen LogP contribution is -2.49. The molecule has 10 heteroatoms. The molecule has 1 saturated carbocycles. The van der Waals surface area contributed by atoms with Crippen molar-refractivity contribution in [2.24, 2.45) is 15.6 Å². The van der Waals surface area contributed by atoms with Crippen molar-refractivity contribution in [3.8, 4) is 11.1 Å². The Morgan fingerprint density at radius 1 is 1.05 bits per heavy atom. The van der Waals surface area contributed by atoms with Crippen LogP contribution < -0.4 is 5.32 Å². The maximum Gasteiger partial charge on any atom is 0.243 e. The number of pyridine rings is 1. The van der Waals surface area contributed by atoms with E-state index < -0.39 is 11.6 Å². The number of aryl methyl sites for hydroxylation is 2. The lowest BCUT2D eigenvalue weighted by Gasteiger charge is -2.30. The highest BCUT2D eigenvalue weighted by atomic mass is 16.2. The molecule has 4 heterocycles. The summed E-state index contributed by atoms with van der Waals surface area (Å²) in [6, 6.07) is 8.71. The highest BCUT2D eigenvalue weighted by Crippen LogP contribution is 2.60. The van der Waals surface area contributed by atoms with Crippen LogP contribution in [-0.2, 0) is 26.5 Å². The number of Topliss-reactive ketones (excluding diaryl/α,β-unsaturated/α-hetero) is 1. The average molecular weight is 538 g/mol. The van der Waals surface area contributed by atoms with Crippen molar-refractivity contribution in [3.05, 3.63) is 71.6 Å². The summed E-state index contributed by atoms with van der Waals surface area (Å²) < 4.78 is 0. The maximum absolute atomic E-state index is 14.0. The number of benzene rings is 1. The van der Waals surface area contributed by atoms with Gasteiger partial charge in [-0.3, -0.25) is 19.4 Å². The zero-order valence-corrected chi connectivity index (χ0v) is 23.0. The first-order chi connectivity index (χ1) is 19.1. The van der Waals surface area contributed by atoms with Crippen LogP contribution in [0, 0.1) is 19.3 Å². The number of carbonyl (C=O) groups is 3. The van der Waals surface area contributed by atoms with Gasteiger partial charge < -0.3 is 10.2 Å². The van der Waals surface area contributed by atoms with E-state index in [4.69, 9.17) is 0 Å². The minimum atomic E-state index is -1.46. The molecular weight excluding hydrogens is 506 g/mol. The monoisotopic (exact) mass is 537 g/mol. The van der Waals surface area contributed by atoms with Gasteiger partial charge in [-0.15, -0.1) is 0 Å². The van der Waals surface area contributed by atoms with Crippen molar-refractivity contribution < 1.29 is 14.4 Å². The quantitative estimate of drug-likeness (QED) is 0.483. The number of hydrogen-bond acceptors (Lipinski definition) is 8. The summed E-state index contributed by atoms with van der Waals surface area (Å²) in [6.07, 6.45) is 6.38. The third-order valence-corrected chi connectivity index (χ3v) is 8.57. The molecule has 2 fully saturated rings. The Hall–Kier alpha value is -4.34. The van der Waals surface area contributed by atoms with Gasteiger partial charge in [0.1, 0.15) is 11.9 Å². The summed E-state index contributed by atoms with van der Waals surface area (Å²) in [4.78, 5) is 55.2. The number of ketones is 1. The predicted octanol–water partition coefficient (Wildman–Crippen LogP) is 4.12. The number of piperidine rings is 1. The van der Waals surface area contributed by atoms with Crippen LogP contribution in [0.15, 0.2) is 59.2 Å². The zero-order valence-electron chi connectivity index (χ0n) is 23.0. The van der Waals surface area contributed by atoms with Crippen molar-refractivity contribution in [3.63, 3.8) is 0 Å². The second-order valence-electron chi connectivity index (χ2n) is 11.4. The smallest absolute Gasteiger partial charge is 0.243 e. The Bertz CT molecular complexity index is 1560. The minimum absolute atomic E-state index is 0.0369. The molecule has 1 aromatic carbocycles. The lowest BCUT2D eigenvalue weighted by atomic mass is 9.81. The molecule has 40 heavy (non-hydrogen) atoms. The van der Waals surface area contributed by atoms with Crippen LogP contribution in [-0.4, -0.2) is 49.5 Å². The van der Waals surface area contributed by atoms with Gasteiger partial charge in [-0.2, -0.15) is 10.2 Å². The fourth-order valence-electron chi connectivity index (χ4n) is 6.11. The van der Waals surface area contributed by atoms with Crippen molar-refractivity contribution in [2.75, 3.05) is 0 Å². The third-order valence-electron chi connectivity index (χ3n) is 8.57. The molecule has 2 aliphatic heterocycles. The van der Waals surface area contributed by atoms with Gasteiger partial charge in [-0.05, 0) is 74.4 Å². The largest absolute Gasteiger partial charge is 0.349 e. The molecule has 0 radical (unpaired) electrons. The number of amides is 2. The second kappa shape index (κ2) is 9.39. The summed E-state index contributed by atoms with van der Waals surface area (Å²) in [5.74, 6) is -0.0937. The summed E-state index contributed by atoms with van der Waals surface area (Å²) in [5, 5.41) is 11.8. The Morgan fingerprint density at radius 2 is 1.82 bits per heavy atom. The van der Waals surface area contributed by atoms with Crippen LogP contribution >= 0.6 is 0 Å². The molecule has 2 aromatic heterocycles. The minimum Gasteiger partial charge on any atom is -0.349 e. The van der Waals surface area contributed by atoms with Crippen LogP contribution in [0.1, 0.15) is 55.8 Å². The van der Waals surface area contributed by atoms with Gasteiger partial charge in [-0.1, -0.05) is 13.0 Å². The van der Waals surface area contributed by atoms with Crippen molar-refractivity contribution in [1.29, 1.82) is 0 Å². The second-order valence-corrected chi connectivity index (χ2v) is 11.4. The molecule has 0 bridgehead atoms. The first kappa shape index (κ1) is 25.9. The predicted molar refractivity (Wildman–Crippen MR) is 146 cm³/mol. The van der Waals surface area contributed by atoms with E-state index >= 15 is 0 Å². The van der Waals surface area contributed by atoms with E-state index in [1.54, 1.807) is 23.5 Å². The molecular formula is C30H31N7O3. The number of azo groups is 1. The fourth-order valence-corrected chi connectivity index (χ4v) is 6.11. The van der Waals surface area contributed by atoms with Gasteiger partial charge in [-0.25, -0.2) is 9.97 Å². The van der Waals surface area contributed by atoms with E-state index in [0.29, 0.717) is 23.5 Å². The molecule has 1 aliphatic carbocycles.